The molecule has 1 aliphatic rings. The second-order valence-corrected chi connectivity index (χ2v) is 4.31. The third kappa shape index (κ3) is 2.58. The fourth-order valence-electron chi connectivity index (χ4n) is 1.79. The summed E-state index contributed by atoms with van der Waals surface area (Å²) in [5, 5.41) is 7.25. The summed E-state index contributed by atoms with van der Waals surface area (Å²) >= 11 is 0. The topological polar surface area (TPSA) is 47.3 Å². The fourth-order valence-corrected chi connectivity index (χ4v) is 1.79. The van der Waals surface area contributed by atoms with E-state index in [0.717, 1.165) is 31.9 Å². The quantitative estimate of drug-likeness (QED) is 0.821. The van der Waals surface area contributed by atoms with Gasteiger partial charge in [-0.1, -0.05) is 19.0 Å². The summed E-state index contributed by atoms with van der Waals surface area (Å²) in [5.41, 5.74) is 1.17. The summed E-state index contributed by atoms with van der Waals surface area (Å²) < 4.78 is 10.7. The molecular weight excluding hydrogens is 192 g/mol. The molecule has 0 saturated carbocycles. The third-order valence-corrected chi connectivity index (χ3v) is 2.68. The van der Waals surface area contributed by atoms with Gasteiger partial charge < -0.3 is 14.6 Å². The Bertz CT molecular complexity index is 303. The summed E-state index contributed by atoms with van der Waals surface area (Å²) in [4.78, 5) is 0. The minimum atomic E-state index is 0.400. The zero-order valence-electron chi connectivity index (χ0n) is 9.32. The van der Waals surface area contributed by atoms with Gasteiger partial charge in [0.15, 0.2) is 0 Å². The first-order valence-corrected chi connectivity index (χ1v) is 5.52. The predicted octanol–water partition coefficient (Wildman–Crippen LogP) is 1.68. The lowest BCUT2D eigenvalue weighted by atomic mass is 10.0. The molecule has 0 bridgehead atoms. The van der Waals surface area contributed by atoms with Gasteiger partial charge in [0, 0.05) is 30.7 Å². The van der Waals surface area contributed by atoms with E-state index in [2.05, 4.69) is 24.3 Å². The molecule has 1 unspecified atom stereocenters. The number of rotatable bonds is 4. The molecular formula is C11H18N2O2. The first kappa shape index (κ1) is 10.6. The van der Waals surface area contributed by atoms with Crippen molar-refractivity contribution in [3.8, 4) is 0 Å². The molecule has 4 nitrogen and oxygen atoms in total. The highest BCUT2D eigenvalue weighted by Gasteiger charge is 2.24. The molecule has 0 radical (unpaired) electrons. The molecule has 0 aromatic carbocycles. The molecule has 1 atom stereocenters. The molecule has 2 heterocycles. The molecule has 0 aliphatic carbocycles. The number of hydrogen-bond donors (Lipinski definition) is 1. The Balaban J connectivity index is 2.01. The van der Waals surface area contributed by atoms with Crippen molar-refractivity contribution in [2.45, 2.75) is 38.8 Å². The lowest BCUT2D eigenvalue weighted by Crippen LogP contribution is -2.22. The molecule has 1 N–H and O–H groups in total. The van der Waals surface area contributed by atoms with Gasteiger partial charge >= 0.3 is 0 Å². The first-order valence-electron chi connectivity index (χ1n) is 5.52. The van der Waals surface area contributed by atoms with E-state index in [1.807, 2.05) is 6.20 Å². The van der Waals surface area contributed by atoms with Crippen molar-refractivity contribution >= 4 is 0 Å². The van der Waals surface area contributed by atoms with E-state index >= 15 is 0 Å². The molecule has 4 heteroatoms. The van der Waals surface area contributed by atoms with Crippen LogP contribution in [0.25, 0.3) is 0 Å². The molecule has 1 aromatic rings. The molecule has 1 aromatic heterocycles. The van der Waals surface area contributed by atoms with E-state index in [0.29, 0.717) is 12.0 Å². The van der Waals surface area contributed by atoms with Crippen LogP contribution < -0.4 is 5.32 Å². The van der Waals surface area contributed by atoms with E-state index in [-0.39, 0.29) is 0 Å². The number of nitrogens with zero attached hydrogens (tertiary/aromatic N) is 1. The first-order chi connectivity index (χ1) is 7.27. The van der Waals surface area contributed by atoms with Crippen LogP contribution in [-0.2, 0) is 11.3 Å². The van der Waals surface area contributed by atoms with Crippen molar-refractivity contribution in [2.75, 3.05) is 13.2 Å². The highest BCUT2D eigenvalue weighted by molar-refractivity contribution is 5.18. The van der Waals surface area contributed by atoms with Gasteiger partial charge in [0.1, 0.15) is 5.76 Å². The molecule has 0 spiro atoms. The van der Waals surface area contributed by atoms with Crippen LogP contribution >= 0.6 is 0 Å². The number of nitrogens with one attached hydrogen (secondary N) is 1. The predicted molar refractivity (Wildman–Crippen MR) is 56.7 cm³/mol. The Hall–Kier alpha value is -0.870. The van der Waals surface area contributed by atoms with Gasteiger partial charge in [0.2, 0.25) is 0 Å². The maximum absolute atomic E-state index is 5.35. The van der Waals surface area contributed by atoms with Crippen molar-refractivity contribution in [3.05, 3.63) is 17.5 Å². The van der Waals surface area contributed by atoms with Crippen LogP contribution in [0, 0.1) is 0 Å². The minimum absolute atomic E-state index is 0.400. The SMILES string of the molecule is CC(C)NCc1cnoc1C1CCOC1. The summed E-state index contributed by atoms with van der Waals surface area (Å²) in [5.74, 6) is 1.40. The monoisotopic (exact) mass is 210 g/mol. The average Bonchev–Trinajstić information content (AvgIpc) is 2.85. The third-order valence-electron chi connectivity index (χ3n) is 2.68. The van der Waals surface area contributed by atoms with E-state index in [1.165, 1.54) is 5.56 Å². The smallest absolute Gasteiger partial charge is 0.146 e. The highest BCUT2D eigenvalue weighted by atomic mass is 16.5. The second-order valence-electron chi connectivity index (χ2n) is 4.31. The number of ether oxygens (including phenoxy) is 1. The van der Waals surface area contributed by atoms with E-state index in [9.17, 15) is 0 Å². The summed E-state index contributed by atoms with van der Waals surface area (Å²) in [7, 11) is 0. The standard InChI is InChI=1S/C11H18N2O2/c1-8(2)12-5-10-6-13-15-11(10)9-3-4-14-7-9/h6,8-9,12H,3-5,7H2,1-2H3. The van der Waals surface area contributed by atoms with Gasteiger partial charge in [-0.25, -0.2) is 0 Å². The Morgan fingerprint density at radius 2 is 2.47 bits per heavy atom. The van der Waals surface area contributed by atoms with Crippen molar-refractivity contribution < 1.29 is 9.26 Å². The Labute approximate surface area is 90.0 Å². The minimum Gasteiger partial charge on any atom is -0.381 e. The van der Waals surface area contributed by atoms with Crippen molar-refractivity contribution in [1.82, 2.24) is 10.5 Å². The summed E-state index contributed by atoms with van der Waals surface area (Å²) in [6.07, 6.45) is 2.85. The molecule has 1 saturated heterocycles. The van der Waals surface area contributed by atoms with E-state index < -0.39 is 0 Å². The lowest BCUT2D eigenvalue weighted by molar-refractivity contribution is 0.189. The largest absolute Gasteiger partial charge is 0.381 e. The van der Waals surface area contributed by atoms with Crippen molar-refractivity contribution in [1.29, 1.82) is 0 Å². The summed E-state index contributed by atoms with van der Waals surface area (Å²) in [6, 6.07) is 0.479. The van der Waals surface area contributed by atoms with Gasteiger partial charge in [-0.2, -0.15) is 0 Å². The van der Waals surface area contributed by atoms with E-state index in [1.54, 1.807) is 0 Å². The van der Waals surface area contributed by atoms with Crippen LogP contribution in [0.5, 0.6) is 0 Å². The lowest BCUT2D eigenvalue weighted by Gasteiger charge is -2.09. The van der Waals surface area contributed by atoms with Crippen LogP contribution in [0.1, 0.15) is 37.5 Å². The Kier molecular flexibility index (Phi) is 3.38. The van der Waals surface area contributed by atoms with Gasteiger partial charge in [-0.05, 0) is 6.42 Å². The fraction of sp³-hybridized carbons (Fsp3) is 0.727. The van der Waals surface area contributed by atoms with Gasteiger partial charge in [0.05, 0.1) is 12.8 Å². The normalized spacial score (nSPS) is 21.4. The van der Waals surface area contributed by atoms with Crippen LogP contribution in [0.3, 0.4) is 0 Å². The van der Waals surface area contributed by atoms with Crippen molar-refractivity contribution in [2.24, 2.45) is 0 Å². The zero-order valence-corrected chi connectivity index (χ0v) is 9.32. The maximum atomic E-state index is 5.35. The Morgan fingerprint density at radius 1 is 1.60 bits per heavy atom. The van der Waals surface area contributed by atoms with Gasteiger partial charge in [0.25, 0.3) is 0 Å². The molecule has 0 amide bonds. The number of aromatic nitrogens is 1. The second kappa shape index (κ2) is 4.77. The average molecular weight is 210 g/mol. The maximum Gasteiger partial charge on any atom is 0.146 e. The number of hydrogen-bond acceptors (Lipinski definition) is 4. The van der Waals surface area contributed by atoms with Gasteiger partial charge in [-0.15, -0.1) is 0 Å². The Morgan fingerprint density at radius 3 is 3.13 bits per heavy atom. The highest BCUT2D eigenvalue weighted by Crippen LogP contribution is 2.27. The molecule has 84 valence electrons. The molecule has 15 heavy (non-hydrogen) atoms. The summed E-state index contributed by atoms with van der Waals surface area (Å²) in [6.45, 7) is 6.69. The van der Waals surface area contributed by atoms with E-state index in [4.69, 9.17) is 9.26 Å². The van der Waals surface area contributed by atoms with Crippen LogP contribution in [-0.4, -0.2) is 24.4 Å². The molecule has 1 aliphatic heterocycles. The van der Waals surface area contributed by atoms with Crippen LogP contribution in [0.15, 0.2) is 10.7 Å². The molecule has 2 rings (SSSR count). The van der Waals surface area contributed by atoms with Crippen molar-refractivity contribution in [3.63, 3.8) is 0 Å². The van der Waals surface area contributed by atoms with Crippen LogP contribution in [0.2, 0.25) is 0 Å². The van der Waals surface area contributed by atoms with Gasteiger partial charge in [-0.3, -0.25) is 0 Å². The van der Waals surface area contributed by atoms with Crippen LogP contribution in [0.4, 0.5) is 0 Å². The molecule has 1 fully saturated rings. The zero-order chi connectivity index (χ0) is 10.7.